The lowest BCUT2D eigenvalue weighted by Crippen LogP contribution is -2.53. The van der Waals surface area contributed by atoms with Gasteiger partial charge in [-0.3, -0.25) is 9.48 Å². The number of carbonyl (C=O) groups excluding carboxylic acids is 1. The summed E-state index contributed by atoms with van der Waals surface area (Å²) in [5.74, 6) is -0.473. The molecule has 28 heavy (non-hydrogen) atoms. The largest absolute Gasteiger partial charge is 0.491 e. The Labute approximate surface area is 158 Å². The average Bonchev–Trinajstić information content (AvgIpc) is 3.10. The van der Waals surface area contributed by atoms with Gasteiger partial charge in [-0.25, -0.2) is 4.39 Å². The number of hydrogen-bond acceptors (Lipinski definition) is 4. The van der Waals surface area contributed by atoms with E-state index in [2.05, 4.69) is 5.10 Å². The van der Waals surface area contributed by atoms with Crippen LogP contribution >= 0.6 is 0 Å². The number of likely N-dealkylation sites (tertiary alicyclic amines) is 1. The summed E-state index contributed by atoms with van der Waals surface area (Å²) in [6, 6.07) is 6.13. The van der Waals surface area contributed by atoms with Gasteiger partial charge in [-0.05, 0) is 43.2 Å². The molecule has 0 spiro atoms. The SMILES string of the molecule is O=C(Cn1ccc(C(F)(F)F)n1)N1CCCC(O)(COc2ccc(F)cc2)C1. The van der Waals surface area contributed by atoms with Gasteiger partial charge in [-0.2, -0.15) is 18.3 Å². The van der Waals surface area contributed by atoms with E-state index in [1.54, 1.807) is 0 Å². The highest BCUT2D eigenvalue weighted by molar-refractivity contribution is 5.76. The fraction of sp³-hybridized carbons (Fsp3) is 0.444. The van der Waals surface area contributed by atoms with Crippen LogP contribution in [0.4, 0.5) is 17.6 Å². The second kappa shape index (κ2) is 7.78. The van der Waals surface area contributed by atoms with E-state index < -0.39 is 29.2 Å². The number of nitrogens with zero attached hydrogens (tertiary/aromatic N) is 3. The molecule has 1 atom stereocenters. The number of rotatable bonds is 5. The molecule has 1 aliphatic rings. The summed E-state index contributed by atoms with van der Waals surface area (Å²) in [6.07, 6.45) is -2.56. The normalized spacial score (nSPS) is 20.2. The molecule has 0 saturated carbocycles. The number of halogens is 4. The predicted molar refractivity (Wildman–Crippen MR) is 89.9 cm³/mol. The lowest BCUT2D eigenvalue weighted by molar-refractivity contribution is -0.143. The third-order valence-electron chi connectivity index (χ3n) is 4.46. The van der Waals surface area contributed by atoms with Crippen LogP contribution in [0.2, 0.25) is 0 Å². The number of alkyl halides is 3. The molecule has 1 aromatic carbocycles. The molecule has 0 radical (unpaired) electrons. The molecule has 10 heteroatoms. The molecular formula is C18H19F4N3O3. The van der Waals surface area contributed by atoms with Gasteiger partial charge < -0.3 is 14.7 Å². The van der Waals surface area contributed by atoms with Gasteiger partial charge in [0.1, 0.15) is 30.3 Å². The van der Waals surface area contributed by atoms with E-state index in [0.29, 0.717) is 25.1 Å². The van der Waals surface area contributed by atoms with Crippen LogP contribution in [0, 0.1) is 5.82 Å². The van der Waals surface area contributed by atoms with Gasteiger partial charge in [0.25, 0.3) is 0 Å². The second-order valence-corrected chi connectivity index (χ2v) is 6.78. The van der Waals surface area contributed by atoms with E-state index in [-0.39, 0.29) is 19.7 Å². The molecule has 1 saturated heterocycles. The molecule has 152 valence electrons. The van der Waals surface area contributed by atoms with E-state index >= 15 is 0 Å². The fourth-order valence-corrected chi connectivity index (χ4v) is 3.03. The number of β-amino-alcohol motifs (C(OH)–C–C–N with tert-alkyl or cyclic N) is 1. The molecular weight excluding hydrogens is 382 g/mol. The van der Waals surface area contributed by atoms with Crippen LogP contribution in [-0.2, 0) is 17.5 Å². The Kier molecular flexibility index (Phi) is 5.59. The summed E-state index contributed by atoms with van der Waals surface area (Å²) in [6.45, 7) is -0.0844. The molecule has 1 fully saturated rings. The van der Waals surface area contributed by atoms with Crippen molar-refractivity contribution in [1.29, 1.82) is 0 Å². The third kappa shape index (κ3) is 5.00. The molecule has 0 aliphatic carbocycles. The van der Waals surface area contributed by atoms with Crippen LogP contribution in [-0.4, -0.2) is 51.0 Å². The summed E-state index contributed by atoms with van der Waals surface area (Å²) in [4.78, 5) is 13.8. The minimum atomic E-state index is -4.57. The number of amides is 1. The van der Waals surface area contributed by atoms with E-state index in [9.17, 15) is 27.5 Å². The minimum absolute atomic E-state index is 0.0135. The minimum Gasteiger partial charge on any atom is -0.491 e. The summed E-state index contributed by atoms with van der Waals surface area (Å²) < 4.78 is 57.2. The zero-order chi connectivity index (χ0) is 20.4. The zero-order valence-electron chi connectivity index (χ0n) is 14.8. The maximum absolute atomic E-state index is 12.9. The number of aromatic nitrogens is 2. The van der Waals surface area contributed by atoms with E-state index in [1.165, 1.54) is 29.2 Å². The van der Waals surface area contributed by atoms with Crippen LogP contribution < -0.4 is 4.74 Å². The lowest BCUT2D eigenvalue weighted by atomic mass is 9.93. The molecule has 2 heterocycles. The third-order valence-corrected chi connectivity index (χ3v) is 4.46. The van der Waals surface area contributed by atoms with Crippen molar-refractivity contribution in [2.45, 2.75) is 31.2 Å². The monoisotopic (exact) mass is 401 g/mol. The quantitative estimate of drug-likeness (QED) is 0.782. The molecule has 6 nitrogen and oxygen atoms in total. The number of hydrogen-bond donors (Lipinski definition) is 1. The van der Waals surface area contributed by atoms with Crippen molar-refractivity contribution in [3.63, 3.8) is 0 Å². The first-order valence-electron chi connectivity index (χ1n) is 8.64. The Balaban J connectivity index is 1.57. The highest BCUT2D eigenvalue weighted by Crippen LogP contribution is 2.27. The number of benzene rings is 1. The van der Waals surface area contributed by atoms with Crippen molar-refractivity contribution in [2.75, 3.05) is 19.7 Å². The fourth-order valence-electron chi connectivity index (χ4n) is 3.03. The maximum atomic E-state index is 12.9. The van der Waals surface area contributed by atoms with Crippen LogP contribution in [0.5, 0.6) is 5.75 Å². The number of aliphatic hydroxyl groups is 1. The van der Waals surface area contributed by atoms with Crippen LogP contribution in [0.25, 0.3) is 0 Å². The average molecular weight is 401 g/mol. The van der Waals surface area contributed by atoms with Gasteiger partial charge in [0, 0.05) is 12.7 Å². The van der Waals surface area contributed by atoms with Gasteiger partial charge in [0.2, 0.25) is 5.91 Å². The number of carbonyl (C=O) groups is 1. The number of ether oxygens (including phenoxy) is 1. The second-order valence-electron chi connectivity index (χ2n) is 6.78. The summed E-state index contributed by atoms with van der Waals surface area (Å²) in [7, 11) is 0. The standard InChI is InChI=1S/C18H19F4N3O3/c19-13-2-4-14(5-3-13)28-12-17(27)7-1-8-24(11-17)16(26)10-25-9-6-15(23-25)18(20,21)22/h2-6,9,27H,1,7-8,10-12H2. The first-order chi connectivity index (χ1) is 13.1. The highest BCUT2D eigenvalue weighted by Gasteiger charge is 2.37. The summed E-state index contributed by atoms with van der Waals surface area (Å²) in [5.41, 5.74) is -2.37. The molecule has 3 rings (SSSR count). The van der Waals surface area contributed by atoms with Gasteiger partial charge in [0.05, 0.1) is 6.54 Å². The van der Waals surface area contributed by atoms with Crippen molar-refractivity contribution in [2.24, 2.45) is 0 Å². The Hall–Kier alpha value is -2.62. The van der Waals surface area contributed by atoms with Crippen molar-refractivity contribution < 1.29 is 32.2 Å². The van der Waals surface area contributed by atoms with Gasteiger partial charge in [-0.1, -0.05) is 0 Å². The van der Waals surface area contributed by atoms with Crippen molar-refractivity contribution >= 4 is 5.91 Å². The molecule has 1 aromatic heterocycles. The van der Waals surface area contributed by atoms with Gasteiger partial charge in [0.15, 0.2) is 5.69 Å². The van der Waals surface area contributed by atoms with Crippen molar-refractivity contribution in [3.8, 4) is 5.75 Å². The first kappa shape index (κ1) is 20.1. The van der Waals surface area contributed by atoms with E-state index in [4.69, 9.17) is 4.74 Å². The van der Waals surface area contributed by atoms with Crippen LogP contribution in [0.3, 0.4) is 0 Å². The number of piperidine rings is 1. The first-order valence-corrected chi connectivity index (χ1v) is 8.64. The Bertz CT molecular complexity index is 822. The molecule has 0 bridgehead atoms. The van der Waals surface area contributed by atoms with E-state index in [1.807, 2.05) is 0 Å². The summed E-state index contributed by atoms with van der Waals surface area (Å²) >= 11 is 0. The van der Waals surface area contributed by atoms with Gasteiger partial charge in [-0.15, -0.1) is 0 Å². The molecule has 1 unspecified atom stereocenters. The molecule has 2 aromatic rings. The molecule has 1 N–H and O–H groups in total. The molecule has 1 aliphatic heterocycles. The van der Waals surface area contributed by atoms with Gasteiger partial charge >= 0.3 is 6.18 Å². The Morgan fingerprint density at radius 1 is 1.25 bits per heavy atom. The smallest absolute Gasteiger partial charge is 0.435 e. The van der Waals surface area contributed by atoms with Crippen LogP contribution in [0.15, 0.2) is 36.5 Å². The topological polar surface area (TPSA) is 67.6 Å². The van der Waals surface area contributed by atoms with E-state index in [0.717, 1.165) is 16.9 Å². The lowest BCUT2D eigenvalue weighted by Gasteiger charge is -2.38. The van der Waals surface area contributed by atoms with Crippen LogP contribution in [0.1, 0.15) is 18.5 Å². The Morgan fingerprint density at radius 2 is 1.96 bits per heavy atom. The molecule has 1 amide bonds. The highest BCUT2D eigenvalue weighted by atomic mass is 19.4. The Morgan fingerprint density at radius 3 is 2.61 bits per heavy atom. The maximum Gasteiger partial charge on any atom is 0.435 e. The van der Waals surface area contributed by atoms with Crippen molar-refractivity contribution in [1.82, 2.24) is 14.7 Å². The summed E-state index contributed by atoms with van der Waals surface area (Å²) in [5, 5.41) is 14.1. The predicted octanol–water partition coefficient (Wildman–Crippen LogP) is 2.47. The zero-order valence-corrected chi connectivity index (χ0v) is 14.8. The van der Waals surface area contributed by atoms with Crippen molar-refractivity contribution in [3.05, 3.63) is 48.0 Å².